The molecule has 2 aromatic rings. The van der Waals surface area contributed by atoms with E-state index in [9.17, 15) is 4.79 Å². The Morgan fingerprint density at radius 3 is 2.10 bits per heavy atom. The number of esters is 1. The number of ether oxygens (including phenoxy) is 2. The molecule has 0 aliphatic carbocycles. The van der Waals surface area contributed by atoms with Gasteiger partial charge in [0, 0.05) is 12.0 Å². The molecule has 1 aromatic carbocycles. The van der Waals surface area contributed by atoms with Gasteiger partial charge < -0.3 is 9.47 Å². The van der Waals surface area contributed by atoms with E-state index >= 15 is 0 Å². The van der Waals surface area contributed by atoms with Crippen LogP contribution in [-0.4, -0.2) is 22.5 Å². The van der Waals surface area contributed by atoms with E-state index in [4.69, 9.17) is 9.47 Å². The predicted octanol–water partition coefficient (Wildman–Crippen LogP) is 7.00. The third kappa shape index (κ3) is 9.95. The molecule has 5 heteroatoms. The summed E-state index contributed by atoms with van der Waals surface area (Å²) in [5.74, 6) is 2.19. The van der Waals surface area contributed by atoms with Gasteiger partial charge in [0.1, 0.15) is 5.75 Å². The van der Waals surface area contributed by atoms with E-state index in [1.807, 2.05) is 12.1 Å². The summed E-state index contributed by atoms with van der Waals surface area (Å²) in [7, 11) is 0. The summed E-state index contributed by atoms with van der Waals surface area (Å²) >= 11 is 0. The first-order valence-electron chi connectivity index (χ1n) is 11.9. The van der Waals surface area contributed by atoms with Crippen LogP contribution in [-0.2, 0) is 4.79 Å². The van der Waals surface area contributed by atoms with Crippen LogP contribution in [0.2, 0.25) is 0 Å². The summed E-state index contributed by atoms with van der Waals surface area (Å²) in [4.78, 5) is 20.8. The molecule has 1 heterocycles. The molecule has 0 aliphatic rings. The molecule has 0 spiro atoms. The highest BCUT2D eigenvalue weighted by atomic mass is 16.5. The lowest BCUT2D eigenvalue weighted by atomic mass is 10.1. The summed E-state index contributed by atoms with van der Waals surface area (Å²) in [6.07, 6.45) is 14.6. The molecule has 5 nitrogen and oxygen atoms in total. The van der Waals surface area contributed by atoms with Gasteiger partial charge in [0.15, 0.2) is 11.6 Å². The molecule has 1 atom stereocenters. The average molecular weight is 427 g/mol. The van der Waals surface area contributed by atoms with E-state index in [-0.39, 0.29) is 5.97 Å². The van der Waals surface area contributed by atoms with E-state index in [0.29, 0.717) is 36.3 Å². The topological polar surface area (TPSA) is 61.3 Å². The molecule has 0 radical (unpaired) electrons. The van der Waals surface area contributed by atoms with Crippen molar-refractivity contribution in [3.8, 4) is 22.9 Å². The zero-order valence-corrected chi connectivity index (χ0v) is 19.4. The Bertz CT molecular complexity index is 744. The van der Waals surface area contributed by atoms with Crippen molar-refractivity contribution in [1.29, 1.82) is 0 Å². The quantitative estimate of drug-likeness (QED) is 0.174. The molecular weight excluding hydrogens is 388 g/mol. The highest BCUT2D eigenvalue weighted by Crippen LogP contribution is 2.21. The van der Waals surface area contributed by atoms with Crippen molar-refractivity contribution in [2.24, 2.45) is 5.92 Å². The second kappa shape index (κ2) is 14.6. The van der Waals surface area contributed by atoms with Crippen molar-refractivity contribution < 1.29 is 14.3 Å². The van der Waals surface area contributed by atoms with E-state index in [1.54, 1.807) is 24.5 Å². The molecule has 0 saturated heterocycles. The third-order valence-corrected chi connectivity index (χ3v) is 5.44. The van der Waals surface area contributed by atoms with Crippen molar-refractivity contribution >= 4 is 5.97 Å². The Morgan fingerprint density at radius 1 is 0.871 bits per heavy atom. The maximum atomic E-state index is 12.0. The fourth-order valence-electron chi connectivity index (χ4n) is 3.15. The number of hydrogen-bond donors (Lipinski definition) is 0. The average Bonchev–Trinajstić information content (AvgIpc) is 2.80. The lowest BCUT2D eigenvalue weighted by molar-refractivity contribution is -0.134. The van der Waals surface area contributed by atoms with Crippen LogP contribution >= 0.6 is 0 Å². The fourth-order valence-corrected chi connectivity index (χ4v) is 3.15. The number of aromatic nitrogens is 2. The van der Waals surface area contributed by atoms with Gasteiger partial charge in [-0.25, -0.2) is 9.97 Å². The van der Waals surface area contributed by atoms with Crippen molar-refractivity contribution in [3.63, 3.8) is 0 Å². The van der Waals surface area contributed by atoms with Gasteiger partial charge in [-0.3, -0.25) is 4.79 Å². The van der Waals surface area contributed by atoms with Crippen LogP contribution in [0.5, 0.6) is 11.5 Å². The summed E-state index contributed by atoms with van der Waals surface area (Å²) in [6.45, 7) is 7.19. The van der Waals surface area contributed by atoms with Gasteiger partial charge in [0.2, 0.25) is 0 Å². The van der Waals surface area contributed by atoms with Gasteiger partial charge in [-0.1, -0.05) is 72.1 Å². The molecule has 0 amide bonds. The smallest absolute Gasteiger partial charge is 0.311 e. The monoisotopic (exact) mass is 426 g/mol. The number of carbonyl (C=O) groups excluding carboxylic acids is 1. The highest BCUT2D eigenvalue weighted by molar-refractivity contribution is 5.72. The van der Waals surface area contributed by atoms with Crippen LogP contribution in [0.3, 0.4) is 0 Å². The minimum Gasteiger partial charge on any atom is -0.490 e. The number of unbranched alkanes of at least 4 members (excludes halogenated alkanes) is 7. The predicted molar refractivity (Wildman–Crippen MR) is 125 cm³/mol. The summed E-state index contributed by atoms with van der Waals surface area (Å²) < 4.78 is 11.1. The highest BCUT2D eigenvalue weighted by Gasteiger charge is 2.07. The van der Waals surface area contributed by atoms with Gasteiger partial charge >= 0.3 is 5.97 Å². The van der Waals surface area contributed by atoms with Crippen LogP contribution in [0.15, 0.2) is 36.7 Å². The molecule has 0 N–H and O–H groups in total. The zero-order valence-electron chi connectivity index (χ0n) is 19.4. The van der Waals surface area contributed by atoms with Gasteiger partial charge in [0.25, 0.3) is 0 Å². The maximum absolute atomic E-state index is 12.0. The van der Waals surface area contributed by atoms with Gasteiger partial charge in [-0.2, -0.15) is 0 Å². The van der Waals surface area contributed by atoms with Crippen LogP contribution in [0, 0.1) is 5.92 Å². The Balaban J connectivity index is 1.70. The molecule has 31 heavy (non-hydrogen) atoms. The minimum atomic E-state index is -0.169. The molecule has 0 fully saturated rings. The number of carbonyl (C=O) groups is 1. The first kappa shape index (κ1) is 24.8. The maximum Gasteiger partial charge on any atom is 0.311 e. The lowest BCUT2D eigenvalue weighted by Crippen LogP contribution is -2.08. The summed E-state index contributed by atoms with van der Waals surface area (Å²) in [6, 6.07) is 7.32. The number of benzene rings is 1. The van der Waals surface area contributed by atoms with Crippen molar-refractivity contribution in [2.75, 3.05) is 6.61 Å². The summed E-state index contributed by atoms with van der Waals surface area (Å²) in [5.41, 5.74) is 0.872. The Hall–Kier alpha value is -2.43. The first-order chi connectivity index (χ1) is 15.1. The number of nitrogens with zero attached hydrogens (tertiary/aromatic N) is 2. The molecule has 1 unspecified atom stereocenters. The van der Waals surface area contributed by atoms with Crippen molar-refractivity contribution in [3.05, 3.63) is 36.7 Å². The fraction of sp³-hybridized carbons (Fsp3) is 0.577. The Labute approximate surface area is 187 Å². The van der Waals surface area contributed by atoms with Gasteiger partial charge in [0.05, 0.1) is 19.0 Å². The molecule has 0 saturated carbocycles. The second-order valence-corrected chi connectivity index (χ2v) is 8.29. The molecule has 170 valence electrons. The molecule has 0 aliphatic heterocycles. The molecule has 1 aromatic heterocycles. The third-order valence-electron chi connectivity index (χ3n) is 5.44. The van der Waals surface area contributed by atoms with Gasteiger partial charge in [-0.15, -0.1) is 0 Å². The van der Waals surface area contributed by atoms with E-state index in [1.165, 1.54) is 38.5 Å². The minimum absolute atomic E-state index is 0.169. The normalized spacial score (nSPS) is 11.8. The molecule has 0 bridgehead atoms. The molecule has 2 rings (SSSR count). The Kier molecular flexibility index (Phi) is 11.7. The SMILES string of the molecule is CCCCCCCCCCC(=O)Oc1ccc(-c2ncc(OCC(C)CC)cn2)cc1. The standard InChI is InChI=1S/C26H38N2O3/c1-4-6-7-8-9-10-11-12-13-25(29)31-23-16-14-22(15-17-23)26-27-18-24(19-28-26)30-20-21(3)5-2/h14-19,21H,4-13,20H2,1-3H3. The Morgan fingerprint density at radius 2 is 1.48 bits per heavy atom. The van der Waals surface area contributed by atoms with Crippen LogP contribution in [0.25, 0.3) is 11.4 Å². The van der Waals surface area contributed by atoms with Crippen LogP contribution in [0.1, 0.15) is 85.0 Å². The second-order valence-electron chi connectivity index (χ2n) is 8.29. The van der Waals surface area contributed by atoms with Crippen molar-refractivity contribution in [2.45, 2.75) is 85.0 Å². The largest absolute Gasteiger partial charge is 0.490 e. The van der Waals surface area contributed by atoms with E-state index < -0.39 is 0 Å². The molecular formula is C26H38N2O3. The van der Waals surface area contributed by atoms with Gasteiger partial charge in [-0.05, 0) is 36.6 Å². The van der Waals surface area contributed by atoms with Crippen molar-refractivity contribution in [1.82, 2.24) is 9.97 Å². The summed E-state index contributed by atoms with van der Waals surface area (Å²) in [5, 5.41) is 0. The van der Waals surface area contributed by atoms with E-state index in [0.717, 1.165) is 24.8 Å². The van der Waals surface area contributed by atoms with Crippen LogP contribution < -0.4 is 9.47 Å². The first-order valence-corrected chi connectivity index (χ1v) is 11.9. The lowest BCUT2D eigenvalue weighted by Gasteiger charge is -2.10. The number of hydrogen-bond acceptors (Lipinski definition) is 5. The van der Waals surface area contributed by atoms with Crippen LogP contribution in [0.4, 0.5) is 0 Å². The number of rotatable bonds is 15. The zero-order chi connectivity index (χ0) is 22.3. The van der Waals surface area contributed by atoms with E-state index in [2.05, 4.69) is 30.7 Å².